The van der Waals surface area contributed by atoms with Crippen molar-refractivity contribution in [2.45, 2.75) is 27.2 Å². The van der Waals surface area contributed by atoms with Crippen molar-refractivity contribution in [2.75, 3.05) is 19.8 Å². The molecule has 0 saturated heterocycles. The molecule has 15 heavy (non-hydrogen) atoms. The third kappa shape index (κ3) is 4.34. The second kappa shape index (κ2) is 6.46. The van der Waals surface area contributed by atoms with Crippen LogP contribution < -0.4 is 4.74 Å². The van der Waals surface area contributed by atoms with Gasteiger partial charge in [-0.25, -0.2) is 0 Å². The van der Waals surface area contributed by atoms with Crippen LogP contribution in [0.1, 0.15) is 24.5 Å². The monoisotopic (exact) mass is 208 g/mol. The van der Waals surface area contributed by atoms with Crippen LogP contribution in [-0.2, 0) is 4.74 Å². The largest absolute Gasteiger partial charge is 0.491 e. The lowest BCUT2D eigenvalue weighted by molar-refractivity contribution is 0.100. The van der Waals surface area contributed by atoms with Gasteiger partial charge in [0.1, 0.15) is 12.4 Å². The lowest BCUT2D eigenvalue weighted by atomic mass is 10.1. The predicted molar refractivity (Wildman–Crippen MR) is 62.5 cm³/mol. The molecule has 0 amide bonds. The summed E-state index contributed by atoms with van der Waals surface area (Å²) >= 11 is 0. The molecule has 1 rings (SSSR count). The van der Waals surface area contributed by atoms with Gasteiger partial charge in [-0.05, 0) is 31.9 Å². The minimum absolute atomic E-state index is 0.629. The lowest BCUT2D eigenvalue weighted by Crippen LogP contribution is -2.07. The van der Waals surface area contributed by atoms with Crippen LogP contribution in [0.3, 0.4) is 0 Å². The SMILES string of the molecule is CCCOCCOc1ccc(C)cc1C. The lowest BCUT2D eigenvalue weighted by Gasteiger charge is -2.09. The topological polar surface area (TPSA) is 18.5 Å². The maximum Gasteiger partial charge on any atom is 0.122 e. The summed E-state index contributed by atoms with van der Waals surface area (Å²) in [5.41, 5.74) is 2.45. The Morgan fingerprint density at radius 3 is 2.53 bits per heavy atom. The molecule has 0 radical (unpaired) electrons. The van der Waals surface area contributed by atoms with E-state index in [1.165, 1.54) is 11.1 Å². The van der Waals surface area contributed by atoms with Crippen LogP contribution >= 0.6 is 0 Å². The highest BCUT2D eigenvalue weighted by molar-refractivity contribution is 5.35. The summed E-state index contributed by atoms with van der Waals surface area (Å²) in [5.74, 6) is 0.959. The van der Waals surface area contributed by atoms with Crippen molar-refractivity contribution in [3.8, 4) is 5.75 Å². The minimum Gasteiger partial charge on any atom is -0.491 e. The first-order valence-corrected chi connectivity index (χ1v) is 5.52. The summed E-state index contributed by atoms with van der Waals surface area (Å²) in [5, 5.41) is 0. The third-order valence-electron chi connectivity index (χ3n) is 2.16. The van der Waals surface area contributed by atoms with Gasteiger partial charge in [0.2, 0.25) is 0 Å². The molecule has 0 fully saturated rings. The van der Waals surface area contributed by atoms with Crippen LogP contribution in [0.15, 0.2) is 18.2 Å². The zero-order chi connectivity index (χ0) is 11.1. The van der Waals surface area contributed by atoms with Crippen LogP contribution in [0.2, 0.25) is 0 Å². The Morgan fingerprint density at radius 1 is 1.07 bits per heavy atom. The fraction of sp³-hybridized carbons (Fsp3) is 0.538. The van der Waals surface area contributed by atoms with Crippen LogP contribution in [0, 0.1) is 13.8 Å². The van der Waals surface area contributed by atoms with Gasteiger partial charge in [-0.3, -0.25) is 0 Å². The van der Waals surface area contributed by atoms with Crippen molar-refractivity contribution in [3.05, 3.63) is 29.3 Å². The maximum atomic E-state index is 5.61. The summed E-state index contributed by atoms with van der Waals surface area (Å²) in [7, 11) is 0. The van der Waals surface area contributed by atoms with Gasteiger partial charge >= 0.3 is 0 Å². The zero-order valence-electron chi connectivity index (χ0n) is 9.88. The third-order valence-corrected chi connectivity index (χ3v) is 2.16. The number of hydrogen-bond donors (Lipinski definition) is 0. The van der Waals surface area contributed by atoms with E-state index in [1.807, 2.05) is 6.07 Å². The number of rotatable bonds is 6. The Morgan fingerprint density at radius 2 is 1.87 bits per heavy atom. The van der Waals surface area contributed by atoms with Gasteiger partial charge in [-0.2, -0.15) is 0 Å². The number of aryl methyl sites for hydroxylation is 2. The van der Waals surface area contributed by atoms with E-state index in [0.717, 1.165) is 18.8 Å². The van der Waals surface area contributed by atoms with Crippen molar-refractivity contribution in [1.82, 2.24) is 0 Å². The van der Waals surface area contributed by atoms with Gasteiger partial charge in [0, 0.05) is 6.61 Å². The zero-order valence-corrected chi connectivity index (χ0v) is 9.88. The molecule has 0 spiro atoms. The number of hydrogen-bond acceptors (Lipinski definition) is 2. The van der Waals surface area contributed by atoms with E-state index in [-0.39, 0.29) is 0 Å². The first-order chi connectivity index (χ1) is 7.24. The van der Waals surface area contributed by atoms with E-state index in [9.17, 15) is 0 Å². The molecule has 1 aromatic carbocycles. The van der Waals surface area contributed by atoms with Gasteiger partial charge in [-0.15, -0.1) is 0 Å². The van der Waals surface area contributed by atoms with Crippen LogP contribution in [0.5, 0.6) is 5.75 Å². The van der Waals surface area contributed by atoms with Crippen LogP contribution in [-0.4, -0.2) is 19.8 Å². The quantitative estimate of drug-likeness (QED) is 0.669. The predicted octanol–water partition coefficient (Wildman–Crippen LogP) is 3.11. The summed E-state index contributed by atoms with van der Waals surface area (Å²) in [6.07, 6.45) is 1.06. The smallest absolute Gasteiger partial charge is 0.122 e. The van der Waals surface area contributed by atoms with Crippen molar-refractivity contribution in [1.29, 1.82) is 0 Å². The van der Waals surface area contributed by atoms with Crippen molar-refractivity contribution in [2.24, 2.45) is 0 Å². The van der Waals surface area contributed by atoms with Gasteiger partial charge in [0.05, 0.1) is 6.61 Å². The molecule has 2 nitrogen and oxygen atoms in total. The molecule has 2 heteroatoms. The Bertz CT molecular complexity index is 295. The molecule has 0 saturated carbocycles. The molecular formula is C13H20O2. The van der Waals surface area contributed by atoms with E-state index in [4.69, 9.17) is 9.47 Å². The molecule has 0 heterocycles. The fourth-order valence-corrected chi connectivity index (χ4v) is 1.42. The first kappa shape index (κ1) is 12.1. The van der Waals surface area contributed by atoms with Crippen molar-refractivity contribution < 1.29 is 9.47 Å². The molecule has 1 aromatic rings. The molecule has 0 atom stereocenters. The first-order valence-electron chi connectivity index (χ1n) is 5.52. The van der Waals surface area contributed by atoms with E-state index >= 15 is 0 Å². The highest BCUT2D eigenvalue weighted by Crippen LogP contribution is 2.18. The molecule has 0 aromatic heterocycles. The molecule has 0 aliphatic heterocycles. The molecular weight excluding hydrogens is 188 g/mol. The van der Waals surface area contributed by atoms with E-state index in [0.29, 0.717) is 13.2 Å². The van der Waals surface area contributed by atoms with Crippen LogP contribution in [0.25, 0.3) is 0 Å². The Kier molecular flexibility index (Phi) is 5.19. The molecule has 0 aliphatic carbocycles. The molecule has 0 bridgehead atoms. The van der Waals surface area contributed by atoms with Gasteiger partial charge in [0.15, 0.2) is 0 Å². The number of benzene rings is 1. The second-order valence-corrected chi connectivity index (χ2v) is 3.73. The summed E-state index contributed by atoms with van der Waals surface area (Å²) in [6, 6.07) is 6.21. The van der Waals surface area contributed by atoms with Gasteiger partial charge < -0.3 is 9.47 Å². The van der Waals surface area contributed by atoms with E-state index in [2.05, 4.69) is 32.9 Å². The fourth-order valence-electron chi connectivity index (χ4n) is 1.42. The highest BCUT2D eigenvalue weighted by atomic mass is 16.5. The van der Waals surface area contributed by atoms with Crippen LogP contribution in [0.4, 0.5) is 0 Å². The Labute approximate surface area is 92.2 Å². The average molecular weight is 208 g/mol. The summed E-state index contributed by atoms with van der Waals surface area (Å²) in [4.78, 5) is 0. The van der Waals surface area contributed by atoms with E-state index < -0.39 is 0 Å². The van der Waals surface area contributed by atoms with E-state index in [1.54, 1.807) is 0 Å². The minimum atomic E-state index is 0.629. The van der Waals surface area contributed by atoms with Crippen molar-refractivity contribution >= 4 is 0 Å². The Hall–Kier alpha value is -1.02. The maximum absolute atomic E-state index is 5.61. The molecule has 0 unspecified atom stereocenters. The molecule has 0 N–H and O–H groups in total. The summed E-state index contributed by atoms with van der Waals surface area (Å²) in [6.45, 7) is 8.36. The second-order valence-electron chi connectivity index (χ2n) is 3.73. The molecule has 84 valence electrons. The average Bonchev–Trinajstić information content (AvgIpc) is 2.20. The summed E-state index contributed by atoms with van der Waals surface area (Å²) < 4.78 is 11.0. The standard InChI is InChI=1S/C13H20O2/c1-4-7-14-8-9-15-13-6-5-11(2)10-12(13)3/h5-6,10H,4,7-9H2,1-3H3. The highest BCUT2D eigenvalue weighted by Gasteiger charge is 1.98. The Balaban J connectivity index is 2.31. The van der Waals surface area contributed by atoms with Gasteiger partial charge in [-0.1, -0.05) is 24.6 Å². The normalized spacial score (nSPS) is 10.3. The molecule has 0 aliphatic rings. The van der Waals surface area contributed by atoms with Crippen molar-refractivity contribution in [3.63, 3.8) is 0 Å². The van der Waals surface area contributed by atoms with Gasteiger partial charge in [0.25, 0.3) is 0 Å². The number of ether oxygens (including phenoxy) is 2.